The molecule has 3 nitrogen and oxygen atoms in total. The topological polar surface area (TPSA) is 38.5 Å². The lowest BCUT2D eigenvalue weighted by Gasteiger charge is -2.36. The quantitative estimate of drug-likeness (QED) is 0.910. The Morgan fingerprint density at radius 2 is 1.79 bits per heavy atom. The fourth-order valence-electron chi connectivity index (χ4n) is 3.15. The molecule has 0 aromatic heterocycles. The second-order valence-corrected chi connectivity index (χ2v) is 5.81. The Bertz CT molecular complexity index is 437. The summed E-state index contributed by atoms with van der Waals surface area (Å²) in [4.78, 5) is 2.38. The molecule has 0 atom stereocenters. The Morgan fingerprint density at radius 3 is 2.37 bits per heavy atom. The largest absolute Gasteiger partial charge is 0.494 e. The number of nitrogens with two attached hydrogens (primary N) is 1. The van der Waals surface area contributed by atoms with Gasteiger partial charge in [0.15, 0.2) is 0 Å². The Balaban J connectivity index is 2.25. The fourth-order valence-corrected chi connectivity index (χ4v) is 3.15. The van der Waals surface area contributed by atoms with Gasteiger partial charge >= 0.3 is 0 Å². The van der Waals surface area contributed by atoms with Crippen LogP contribution >= 0.6 is 0 Å². The van der Waals surface area contributed by atoms with Crippen molar-refractivity contribution in [1.82, 2.24) is 0 Å². The number of anilines is 1. The summed E-state index contributed by atoms with van der Waals surface area (Å²) in [6.45, 7) is 4.25. The third kappa shape index (κ3) is 3.03. The van der Waals surface area contributed by atoms with Gasteiger partial charge in [-0.3, -0.25) is 0 Å². The number of aryl methyl sites for hydroxylation is 2. The molecule has 2 N–H and O–H groups in total. The number of hydrogen-bond donors (Lipinski definition) is 1. The lowest BCUT2D eigenvalue weighted by atomic mass is 9.90. The molecular formula is C16H26N2O. The van der Waals surface area contributed by atoms with Crippen molar-refractivity contribution >= 4 is 5.69 Å². The zero-order chi connectivity index (χ0) is 14.0. The van der Waals surface area contributed by atoms with E-state index in [-0.39, 0.29) is 0 Å². The molecule has 0 heterocycles. The van der Waals surface area contributed by atoms with Crippen molar-refractivity contribution in [2.24, 2.45) is 5.73 Å². The molecule has 1 aromatic carbocycles. The van der Waals surface area contributed by atoms with Crippen LogP contribution in [0.5, 0.6) is 5.75 Å². The second-order valence-electron chi connectivity index (χ2n) is 5.81. The molecule has 0 unspecified atom stereocenters. The molecule has 1 aliphatic rings. The second kappa shape index (κ2) is 5.83. The first-order chi connectivity index (χ1) is 9.02. The molecule has 1 fully saturated rings. The molecule has 0 bridgehead atoms. The predicted molar refractivity (Wildman–Crippen MR) is 81.1 cm³/mol. The molecule has 0 amide bonds. The molecular weight excluding hydrogens is 236 g/mol. The van der Waals surface area contributed by atoms with Gasteiger partial charge < -0.3 is 15.4 Å². The van der Waals surface area contributed by atoms with Crippen LogP contribution in [0, 0.1) is 13.8 Å². The molecule has 3 heteroatoms. The lowest BCUT2D eigenvalue weighted by Crippen LogP contribution is -2.39. The van der Waals surface area contributed by atoms with Crippen LogP contribution in [-0.4, -0.2) is 26.2 Å². The third-order valence-corrected chi connectivity index (χ3v) is 4.27. The van der Waals surface area contributed by atoms with Crippen molar-refractivity contribution in [3.8, 4) is 5.75 Å². The van der Waals surface area contributed by atoms with E-state index in [2.05, 4.69) is 37.9 Å². The van der Waals surface area contributed by atoms with E-state index in [0.29, 0.717) is 12.1 Å². The van der Waals surface area contributed by atoms with Gasteiger partial charge in [0.25, 0.3) is 0 Å². The molecule has 19 heavy (non-hydrogen) atoms. The van der Waals surface area contributed by atoms with E-state index < -0.39 is 0 Å². The van der Waals surface area contributed by atoms with Crippen molar-refractivity contribution in [2.75, 3.05) is 19.1 Å². The van der Waals surface area contributed by atoms with Gasteiger partial charge in [0.05, 0.1) is 12.8 Å². The van der Waals surface area contributed by atoms with Crippen molar-refractivity contribution < 1.29 is 4.74 Å². The highest BCUT2D eigenvalue weighted by Gasteiger charge is 2.24. The first kappa shape index (κ1) is 14.2. The summed E-state index contributed by atoms with van der Waals surface area (Å²) in [5, 5.41) is 0. The number of methoxy groups -OCH3 is 1. The highest BCUT2D eigenvalue weighted by Crippen LogP contribution is 2.35. The summed E-state index contributed by atoms with van der Waals surface area (Å²) in [5.74, 6) is 1.00. The molecule has 0 spiro atoms. The minimum absolute atomic E-state index is 0.394. The summed E-state index contributed by atoms with van der Waals surface area (Å²) in [6.07, 6.45) is 4.60. The summed E-state index contributed by atoms with van der Waals surface area (Å²) >= 11 is 0. The number of nitrogens with zero attached hydrogens (tertiary/aromatic N) is 1. The SMILES string of the molecule is COc1c(C)cc(C)cc1N(C)C1CCC(N)CC1. The maximum absolute atomic E-state index is 6.00. The zero-order valence-corrected chi connectivity index (χ0v) is 12.6. The molecule has 1 aliphatic carbocycles. The van der Waals surface area contributed by atoms with E-state index >= 15 is 0 Å². The minimum Gasteiger partial charge on any atom is -0.494 e. The van der Waals surface area contributed by atoms with Crippen molar-refractivity contribution in [3.05, 3.63) is 23.3 Å². The van der Waals surface area contributed by atoms with Crippen LogP contribution in [-0.2, 0) is 0 Å². The van der Waals surface area contributed by atoms with Gasteiger partial charge in [-0.15, -0.1) is 0 Å². The predicted octanol–water partition coefficient (Wildman–Crippen LogP) is 3.02. The molecule has 0 radical (unpaired) electrons. The highest BCUT2D eigenvalue weighted by molar-refractivity contribution is 5.63. The monoisotopic (exact) mass is 262 g/mol. The number of ether oxygens (including phenoxy) is 1. The summed E-state index contributed by atoms with van der Waals surface area (Å²) in [6, 6.07) is 5.37. The van der Waals surface area contributed by atoms with E-state index in [9.17, 15) is 0 Å². The van der Waals surface area contributed by atoms with Gasteiger partial charge in [0.2, 0.25) is 0 Å². The standard InChI is InChI=1S/C16H26N2O/c1-11-9-12(2)16(19-4)15(10-11)18(3)14-7-5-13(17)6-8-14/h9-10,13-14H,5-8,17H2,1-4H3. The molecule has 106 valence electrons. The van der Waals surface area contributed by atoms with Gasteiger partial charge in [-0.2, -0.15) is 0 Å². The number of hydrogen-bond acceptors (Lipinski definition) is 3. The van der Waals surface area contributed by atoms with Gasteiger partial charge in [-0.1, -0.05) is 6.07 Å². The van der Waals surface area contributed by atoms with Crippen molar-refractivity contribution in [2.45, 2.75) is 51.6 Å². The zero-order valence-electron chi connectivity index (χ0n) is 12.6. The van der Waals surface area contributed by atoms with Crippen LogP contribution in [0.4, 0.5) is 5.69 Å². The van der Waals surface area contributed by atoms with Crippen LogP contribution in [0.1, 0.15) is 36.8 Å². The minimum atomic E-state index is 0.394. The Labute approximate surface area is 116 Å². The third-order valence-electron chi connectivity index (χ3n) is 4.27. The molecule has 1 saturated carbocycles. The van der Waals surface area contributed by atoms with Crippen LogP contribution < -0.4 is 15.4 Å². The number of benzene rings is 1. The Morgan fingerprint density at radius 1 is 1.16 bits per heavy atom. The Kier molecular flexibility index (Phi) is 4.35. The first-order valence-electron chi connectivity index (χ1n) is 7.16. The number of rotatable bonds is 3. The van der Waals surface area contributed by atoms with E-state index in [1.54, 1.807) is 7.11 Å². The van der Waals surface area contributed by atoms with Crippen LogP contribution in [0.3, 0.4) is 0 Å². The molecule has 0 aliphatic heterocycles. The summed E-state index contributed by atoms with van der Waals surface area (Å²) in [7, 11) is 3.93. The Hall–Kier alpha value is -1.22. The smallest absolute Gasteiger partial charge is 0.145 e. The lowest BCUT2D eigenvalue weighted by molar-refractivity contribution is 0.377. The van der Waals surface area contributed by atoms with E-state index in [1.165, 1.54) is 29.7 Å². The van der Waals surface area contributed by atoms with Crippen LogP contribution in [0.2, 0.25) is 0 Å². The highest BCUT2D eigenvalue weighted by atomic mass is 16.5. The molecule has 1 aromatic rings. The van der Waals surface area contributed by atoms with Gasteiger partial charge in [-0.05, 0) is 56.7 Å². The normalized spacial score (nSPS) is 23.2. The van der Waals surface area contributed by atoms with Crippen molar-refractivity contribution in [1.29, 1.82) is 0 Å². The average Bonchev–Trinajstić information content (AvgIpc) is 2.38. The van der Waals surface area contributed by atoms with Crippen molar-refractivity contribution in [3.63, 3.8) is 0 Å². The van der Waals surface area contributed by atoms with Gasteiger partial charge in [0.1, 0.15) is 5.75 Å². The molecule has 2 rings (SSSR count). The van der Waals surface area contributed by atoms with Crippen LogP contribution in [0.15, 0.2) is 12.1 Å². The van der Waals surface area contributed by atoms with Gasteiger partial charge in [0, 0.05) is 19.1 Å². The average molecular weight is 262 g/mol. The molecule has 0 saturated heterocycles. The summed E-state index contributed by atoms with van der Waals surface area (Å²) < 4.78 is 5.60. The van der Waals surface area contributed by atoms with Gasteiger partial charge in [-0.25, -0.2) is 0 Å². The maximum atomic E-state index is 6.00. The fraction of sp³-hybridized carbons (Fsp3) is 0.625. The van der Waals surface area contributed by atoms with E-state index in [0.717, 1.165) is 18.6 Å². The first-order valence-corrected chi connectivity index (χ1v) is 7.16. The van der Waals surface area contributed by atoms with Crippen LogP contribution in [0.25, 0.3) is 0 Å². The maximum Gasteiger partial charge on any atom is 0.145 e. The summed E-state index contributed by atoms with van der Waals surface area (Å²) in [5.41, 5.74) is 9.70. The van der Waals surface area contributed by atoms with E-state index in [4.69, 9.17) is 10.5 Å². The van der Waals surface area contributed by atoms with E-state index in [1.807, 2.05) is 0 Å².